The summed E-state index contributed by atoms with van der Waals surface area (Å²) in [4.78, 5) is 0. The number of nitrogens with one attached hydrogen (secondary N) is 1. The van der Waals surface area contributed by atoms with Crippen LogP contribution in [-0.4, -0.2) is 14.8 Å². The summed E-state index contributed by atoms with van der Waals surface area (Å²) in [6.07, 6.45) is 0. The highest BCUT2D eigenvalue weighted by molar-refractivity contribution is 9.10. The maximum Gasteiger partial charge on any atom is 0.199 e. The van der Waals surface area contributed by atoms with E-state index in [1.165, 1.54) is 0 Å². The first-order chi connectivity index (χ1) is 11.1. The van der Waals surface area contributed by atoms with Crippen molar-refractivity contribution in [2.75, 3.05) is 0 Å². The Balaban J connectivity index is 1.87. The fourth-order valence-corrected chi connectivity index (χ4v) is 2.89. The first-order valence-electron chi connectivity index (χ1n) is 7.17. The number of aromatic amines is 1. The quantitative estimate of drug-likeness (QED) is 0.646. The van der Waals surface area contributed by atoms with Gasteiger partial charge >= 0.3 is 0 Å². The number of hydrogen-bond donors (Lipinski definition) is 1. The van der Waals surface area contributed by atoms with Crippen molar-refractivity contribution in [2.45, 2.75) is 20.5 Å². The van der Waals surface area contributed by atoms with Gasteiger partial charge in [0.1, 0.15) is 12.4 Å². The van der Waals surface area contributed by atoms with Crippen LogP contribution in [-0.2, 0) is 6.61 Å². The molecule has 0 spiro atoms. The molecule has 23 heavy (non-hydrogen) atoms. The molecule has 1 heterocycles. The van der Waals surface area contributed by atoms with Crippen LogP contribution in [0.15, 0.2) is 46.9 Å². The Kier molecular flexibility index (Phi) is 4.63. The van der Waals surface area contributed by atoms with Gasteiger partial charge in [-0.05, 0) is 61.5 Å². The first-order valence-corrected chi connectivity index (χ1v) is 8.37. The van der Waals surface area contributed by atoms with Gasteiger partial charge in [-0.15, -0.1) is 0 Å². The molecule has 0 bridgehead atoms. The molecule has 0 saturated carbocycles. The van der Waals surface area contributed by atoms with Gasteiger partial charge < -0.3 is 4.74 Å². The molecule has 118 valence electrons. The molecule has 0 radical (unpaired) electrons. The Morgan fingerprint density at radius 1 is 1.17 bits per heavy atom. The largest absolute Gasteiger partial charge is 0.486 e. The van der Waals surface area contributed by atoms with Gasteiger partial charge in [-0.3, -0.25) is 9.67 Å². The number of nitrogens with zero attached hydrogens (tertiary/aromatic N) is 2. The molecule has 0 fully saturated rings. The first kappa shape index (κ1) is 16.0. The molecule has 1 aromatic heterocycles. The van der Waals surface area contributed by atoms with E-state index in [2.05, 4.69) is 26.1 Å². The van der Waals surface area contributed by atoms with Crippen LogP contribution >= 0.6 is 28.1 Å². The molecule has 3 aromatic rings. The average molecular weight is 390 g/mol. The van der Waals surface area contributed by atoms with Crippen LogP contribution in [0.1, 0.15) is 17.0 Å². The van der Waals surface area contributed by atoms with Crippen LogP contribution in [0.3, 0.4) is 0 Å². The van der Waals surface area contributed by atoms with E-state index >= 15 is 0 Å². The third-order valence-corrected chi connectivity index (χ3v) is 5.06. The number of benzene rings is 2. The van der Waals surface area contributed by atoms with E-state index in [0.29, 0.717) is 11.4 Å². The van der Waals surface area contributed by atoms with Crippen LogP contribution < -0.4 is 4.74 Å². The van der Waals surface area contributed by atoms with E-state index in [1.54, 1.807) is 0 Å². The predicted octanol–water partition coefficient (Wildman–Crippen LogP) is 4.89. The highest BCUT2D eigenvalue weighted by Gasteiger charge is 2.10. The van der Waals surface area contributed by atoms with Crippen LogP contribution in [0.5, 0.6) is 5.75 Å². The number of halogens is 1. The van der Waals surface area contributed by atoms with Gasteiger partial charge in [-0.1, -0.05) is 34.1 Å². The molecular formula is C17H16BrN3OS. The van der Waals surface area contributed by atoms with Gasteiger partial charge in [-0.25, -0.2) is 0 Å². The average Bonchev–Trinajstić information content (AvgIpc) is 2.92. The normalized spacial score (nSPS) is 10.7. The number of ether oxygens (including phenoxy) is 1. The van der Waals surface area contributed by atoms with Crippen LogP contribution in [0, 0.1) is 18.6 Å². The van der Waals surface area contributed by atoms with Crippen molar-refractivity contribution in [1.82, 2.24) is 14.8 Å². The smallest absolute Gasteiger partial charge is 0.199 e. The molecule has 6 heteroatoms. The zero-order valence-corrected chi connectivity index (χ0v) is 15.2. The number of hydrogen-bond acceptors (Lipinski definition) is 3. The van der Waals surface area contributed by atoms with Crippen molar-refractivity contribution < 1.29 is 4.74 Å². The summed E-state index contributed by atoms with van der Waals surface area (Å²) < 4.78 is 9.46. The maximum absolute atomic E-state index is 5.91. The van der Waals surface area contributed by atoms with Crippen LogP contribution in [0.4, 0.5) is 0 Å². The summed E-state index contributed by atoms with van der Waals surface area (Å²) in [5, 5.41) is 7.11. The zero-order chi connectivity index (χ0) is 16.4. The van der Waals surface area contributed by atoms with Crippen molar-refractivity contribution >= 4 is 28.1 Å². The summed E-state index contributed by atoms with van der Waals surface area (Å²) in [7, 11) is 0. The zero-order valence-electron chi connectivity index (χ0n) is 12.8. The monoisotopic (exact) mass is 389 g/mol. The molecule has 0 aliphatic heterocycles. The van der Waals surface area contributed by atoms with E-state index in [9.17, 15) is 0 Å². The minimum Gasteiger partial charge on any atom is -0.486 e. The molecule has 3 rings (SSSR count). The molecule has 0 saturated heterocycles. The standard InChI is InChI=1S/C17H16BrN3OS/c1-11-8-14(9-12(2)16(11)18)22-10-15-19-20-17(23)21(15)13-6-4-3-5-7-13/h3-9H,10H2,1-2H3,(H,20,23). The Bertz CT molecular complexity index is 863. The Labute approximate surface area is 148 Å². The summed E-state index contributed by atoms with van der Waals surface area (Å²) in [6, 6.07) is 13.9. The van der Waals surface area contributed by atoms with Gasteiger partial charge in [0, 0.05) is 10.2 Å². The molecule has 4 nitrogen and oxygen atoms in total. The predicted molar refractivity (Wildman–Crippen MR) is 96.7 cm³/mol. The minimum absolute atomic E-state index is 0.336. The van der Waals surface area contributed by atoms with E-state index in [1.807, 2.05) is 60.9 Å². The molecule has 0 aliphatic rings. The topological polar surface area (TPSA) is 42.8 Å². The fraction of sp³-hybridized carbons (Fsp3) is 0.176. The number of rotatable bonds is 4. The minimum atomic E-state index is 0.336. The number of aromatic nitrogens is 3. The van der Waals surface area contributed by atoms with E-state index in [-0.39, 0.29) is 0 Å². The molecular weight excluding hydrogens is 374 g/mol. The second kappa shape index (κ2) is 6.68. The Morgan fingerprint density at radius 2 is 1.83 bits per heavy atom. The van der Waals surface area contributed by atoms with Crippen molar-refractivity contribution in [3.8, 4) is 11.4 Å². The molecule has 0 atom stereocenters. The van der Waals surface area contributed by atoms with Crippen molar-refractivity contribution in [3.05, 3.63) is 68.7 Å². The number of para-hydroxylation sites is 1. The summed E-state index contributed by atoms with van der Waals surface area (Å²) in [5.74, 6) is 1.55. The molecule has 2 aromatic carbocycles. The Morgan fingerprint density at radius 3 is 2.48 bits per heavy atom. The molecule has 0 amide bonds. The van der Waals surface area contributed by atoms with Crippen molar-refractivity contribution in [1.29, 1.82) is 0 Å². The third-order valence-electron chi connectivity index (χ3n) is 3.53. The van der Waals surface area contributed by atoms with Crippen molar-refractivity contribution in [2.24, 2.45) is 0 Å². The summed E-state index contributed by atoms with van der Waals surface area (Å²) in [5.41, 5.74) is 3.25. The summed E-state index contributed by atoms with van der Waals surface area (Å²) >= 11 is 8.89. The lowest BCUT2D eigenvalue weighted by Gasteiger charge is -2.11. The second-order valence-corrected chi connectivity index (χ2v) is 6.46. The number of aryl methyl sites for hydroxylation is 2. The van der Waals surface area contributed by atoms with Crippen molar-refractivity contribution in [3.63, 3.8) is 0 Å². The van der Waals surface area contributed by atoms with Gasteiger partial charge in [0.25, 0.3) is 0 Å². The second-order valence-electron chi connectivity index (χ2n) is 5.28. The molecule has 1 N–H and O–H groups in total. The van der Waals surface area contributed by atoms with Gasteiger partial charge in [0.15, 0.2) is 10.6 Å². The van der Waals surface area contributed by atoms with Gasteiger partial charge in [0.2, 0.25) is 0 Å². The summed E-state index contributed by atoms with van der Waals surface area (Å²) in [6.45, 7) is 4.43. The molecule has 0 unspecified atom stereocenters. The SMILES string of the molecule is Cc1cc(OCc2n[nH]c(=S)n2-c2ccccc2)cc(C)c1Br. The lowest BCUT2D eigenvalue weighted by atomic mass is 10.1. The fourth-order valence-electron chi connectivity index (χ4n) is 2.41. The van der Waals surface area contributed by atoms with E-state index < -0.39 is 0 Å². The Hall–Kier alpha value is -1.92. The van der Waals surface area contributed by atoms with E-state index in [4.69, 9.17) is 17.0 Å². The lowest BCUT2D eigenvalue weighted by Crippen LogP contribution is -2.06. The van der Waals surface area contributed by atoms with Crippen LogP contribution in [0.2, 0.25) is 0 Å². The van der Waals surface area contributed by atoms with E-state index in [0.717, 1.165) is 32.9 Å². The third kappa shape index (κ3) is 3.38. The molecule has 0 aliphatic carbocycles. The van der Waals surface area contributed by atoms with Crippen LogP contribution in [0.25, 0.3) is 5.69 Å². The maximum atomic E-state index is 5.91. The highest BCUT2D eigenvalue weighted by atomic mass is 79.9. The number of H-pyrrole nitrogens is 1. The lowest BCUT2D eigenvalue weighted by molar-refractivity contribution is 0.293. The highest BCUT2D eigenvalue weighted by Crippen LogP contribution is 2.26. The van der Waals surface area contributed by atoms with Gasteiger partial charge in [-0.2, -0.15) is 5.10 Å². The van der Waals surface area contributed by atoms with Gasteiger partial charge in [0.05, 0.1) is 0 Å².